The maximum absolute atomic E-state index is 12.0. The number of nitrogens with two attached hydrogens (primary N) is 1. The number of hydrogen-bond donors (Lipinski definition) is 1. The highest BCUT2D eigenvalue weighted by Crippen LogP contribution is 2.40. The molecule has 2 heterocycles. The predicted octanol–water partition coefficient (Wildman–Crippen LogP) is 1.06. The molecular formula is C18H21N5O5. The van der Waals surface area contributed by atoms with Crippen LogP contribution in [0.3, 0.4) is 0 Å². The number of carbonyl (C=O) groups is 1. The molecule has 28 heavy (non-hydrogen) atoms. The number of ether oxygens (including phenoxy) is 4. The van der Waals surface area contributed by atoms with Crippen LogP contribution in [0.2, 0.25) is 0 Å². The summed E-state index contributed by atoms with van der Waals surface area (Å²) in [6.45, 7) is 0.790. The lowest BCUT2D eigenvalue weighted by atomic mass is 10.1. The summed E-state index contributed by atoms with van der Waals surface area (Å²) in [4.78, 5) is 25.8. The minimum Gasteiger partial charge on any atom is -0.493 e. The Hall–Kier alpha value is -3.56. The van der Waals surface area contributed by atoms with Gasteiger partial charge in [-0.2, -0.15) is 15.0 Å². The average molecular weight is 387 g/mol. The molecule has 0 fully saturated rings. The molecule has 0 bridgehead atoms. The molecular weight excluding hydrogens is 366 g/mol. The molecule has 0 atom stereocenters. The quantitative estimate of drug-likeness (QED) is 0.568. The van der Waals surface area contributed by atoms with Crippen LogP contribution in [0.4, 0.5) is 11.9 Å². The topological polar surface area (TPSA) is 122 Å². The number of nitrogen functional groups attached to an aromatic ring is 1. The van der Waals surface area contributed by atoms with Crippen LogP contribution in [0.1, 0.15) is 11.4 Å². The summed E-state index contributed by atoms with van der Waals surface area (Å²) in [5.74, 6) is 1.80. The first-order valence-corrected chi connectivity index (χ1v) is 8.46. The second kappa shape index (κ2) is 8.42. The molecule has 2 N–H and O–H groups in total. The van der Waals surface area contributed by atoms with Crippen LogP contribution in [-0.4, -0.2) is 55.3 Å². The Kier molecular flexibility index (Phi) is 5.78. The van der Waals surface area contributed by atoms with Crippen molar-refractivity contribution in [1.29, 1.82) is 0 Å². The van der Waals surface area contributed by atoms with E-state index in [1.807, 2.05) is 0 Å². The van der Waals surface area contributed by atoms with E-state index in [4.69, 9.17) is 24.7 Å². The van der Waals surface area contributed by atoms with Gasteiger partial charge in [-0.15, -0.1) is 0 Å². The fourth-order valence-electron chi connectivity index (χ4n) is 2.43. The summed E-state index contributed by atoms with van der Waals surface area (Å²) in [5.41, 5.74) is 6.35. The lowest BCUT2D eigenvalue weighted by Gasteiger charge is -2.20. The van der Waals surface area contributed by atoms with E-state index in [0.29, 0.717) is 42.0 Å². The van der Waals surface area contributed by atoms with Crippen LogP contribution in [0.5, 0.6) is 17.2 Å². The van der Waals surface area contributed by atoms with Gasteiger partial charge in [0, 0.05) is 20.2 Å². The summed E-state index contributed by atoms with van der Waals surface area (Å²) < 4.78 is 21.6. The highest BCUT2D eigenvalue weighted by Gasteiger charge is 2.18. The lowest BCUT2D eigenvalue weighted by Crippen LogP contribution is -2.17. The number of benzene rings is 1. The van der Waals surface area contributed by atoms with Crippen molar-refractivity contribution in [2.24, 2.45) is 0 Å². The lowest BCUT2D eigenvalue weighted by molar-refractivity contribution is -0.139. The van der Waals surface area contributed by atoms with Gasteiger partial charge in [-0.1, -0.05) is 0 Å². The molecule has 3 rings (SSSR count). The van der Waals surface area contributed by atoms with E-state index in [1.54, 1.807) is 37.2 Å². The van der Waals surface area contributed by atoms with Crippen LogP contribution in [0.15, 0.2) is 18.2 Å². The number of rotatable bonds is 6. The molecule has 0 saturated heterocycles. The average Bonchev–Trinajstić information content (AvgIpc) is 2.69. The van der Waals surface area contributed by atoms with E-state index < -0.39 is 5.97 Å². The zero-order valence-corrected chi connectivity index (χ0v) is 15.8. The molecule has 0 radical (unpaired) electrons. The highest BCUT2D eigenvalue weighted by atomic mass is 16.6. The van der Waals surface area contributed by atoms with Gasteiger partial charge >= 0.3 is 5.97 Å². The van der Waals surface area contributed by atoms with E-state index in [0.717, 1.165) is 0 Å². The summed E-state index contributed by atoms with van der Waals surface area (Å²) >= 11 is 0. The molecule has 1 aromatic carbocycles. The fourth-order valence-corrected chi connectivity index (χ4v) is 2.43. The van der Waals surface area contributed by atoms with Gasteiger partial charge in [0.2, 0.25) is 17.6 Å². The van der Waals surface area contributed by atoms with Crippen LogP contribution in [0, 0.1) is 0 Å². The van der Waals surface area contributed by atoms with Gasteiger partial charge in [0.25, 0.3) is 0 Å². The Bertz CT molecular complexity index is 883. The molecule has 0 aliphatic carbocycles. The maximum atomic E-state index is 12.0. The normalized spacial score (nSPS) is 12.7. The molecule has 0 unspecified atom stereocenters. The van der Waals surface area contributed by atoms with Gasteiger partial charge < -0.3 is 29.6 Å². The van der Waals surface area contributed by atoms with E-state index in [9.17, 15) is 4.79 Å². The number of nitrogens with zero attached hydrogens (tertiary/aromatic N) is 4. The van der Waals surface area contributed by atoms with Crippen molar-refractivity contribution >= 4 is 23.9 Å². The van der Waals surface area contributed by atoms with Crippen molar-refractivity contribution in [2.45, 2.75) is 6.61 Å². The highest BCUT2D eigenvalue weighted by molar-refractivity contribution is 5.87. The van der Waals surface area contributed by atoms with E-state index >= 15 is 0 Å². The monoisotopic (exact) mass is 387 g/mol. The zero-order valence-electron chi connectivity index (χ0n) is 15.8. The first-order chi connectivity index (χ1) is 13.5. The summed E-state index contributed by atoms with van der Waals surface area (Å²) in [7, 11) is 5.08. The minimum absolute atomic E-state index is 0.0589. The fraction of sp³-hybridized carbons (Fsp3) is 0.333. The number of methoxy groups -OCH3 is 1. The predicted molar refractivity (Wildman–Crippen MR) is 101 cm³/mol. The Labute approximate surface area is 161 Å². The Morgan fingerprint density at radius 3 is 2.79 bits per heavy atom. The third kappa shape index (κ3) is 4.58. The second-order valence-corrected chi connectivity index (χ2v) is 5.99. The number of fused-ring (bicyclic) bond motifs is 1. The number of anilines is 2. The zero-order chi connectivity index (χ0) is 20.1. The molecule has 2 aromatic rings. The molecule has 148 valence electrons. The van der Waals surface area contributed by atoms with Gasteiger partial charge in [-0.25, -0.2) is 4.79 Å². The molecule has 10 heteroatoms. The maximum Gasteiger partial charge on any atom is 0.331 e. The van der Waals surface area contributed by atoms with Crippen LogP contribution in [0.25, 0.3) is 6.08 Å². The van der Waals surface area contributed by atoms with Gasteiger partial charge in [0.05, 0.1) is 7.11 Å². The van der Waals surface area contributed by atoms with Gasteiger partial charge in [0.1, 0.15) is 13.2 Å². The smallest absolute Gasteiger partial charge is 0.331 e. The summed E-state index contributed by atoms with van der Waals surface area (Å²) in [6, 6.07) is 3.50. The second-order valence-electron chi connectivity index (χ2n) is 5.99. The third-order valence-electron chi connectivity index (χ3n) is 3.69. The largest absolute Gasteiger partial charge is 0.493 e. The summed E-state index contributed by atoms with van der Waals surface area (Å²) in [6.07, 6.45) is 2.89. The molecule has 1 aromatic heterocycles. The number of aromatic nitrogens is 3. The number of esters is 1. The SMILES string of the molecule is COc1cc(/C=C/C(=O)OCc2nc(N)nc(N(C)C)n2)cc2c1OCCO2. The van der Waals surface area contributed by atoms with Crippen molar-refractivity contribution in [2.75, 3.05) is 45.1 Å². The molecule has 0 amide bonds. The van der Waals surface area contributed by atoms with Crippen LogP contribution in [-0.2, 0) is 16.1 Å². The third-order valence-corrected chi connectivity index (χ3v) is 3.69. The standard InChI is InChI=1S/C18H21N5O5/c1-23(2)18-21-14(20-17(19)22-18)10-28-15(24)5-4-11-8-12(25-3)16-13(9-11)26-6-7-27-16/h4-5,8-9H,6-7,10H2,1-3H3,(H2,19,20,21,22)/b5-4+. The first kappa shape index (κ1) is 19.2. The van der Waals surface area contributed by atoms with Crippen LogP contribution >= 0.6 is 0 Å². The van der Waals surface area contributed by atoms with E-state index in [2.05, 4.69) is 15.0 Å². The molecule has 1 aliphatic heterocycles. The first-order valence-electron chi connectivity index (χ1n) is 8.46. The van der Waals surface area contributed by atoms with Crippen molar-refractivity contribution in [3.8, 4) is 17.2 Å². The Morgan fingerprint density at radius 2 is 2.04 bits per heavy atom. The van der Waals surface area contributed by atoms with Crippen molar-refractivity contribution in [1.82, 2.24) is 15.0 Å². The van der Waals surface area contributed by atoms with E-state index in [1.165, 1.54) is 13.2 Å². The number of carbonyl (C=O) groups excluding carboxylic acids is 1. The molecule has 0 saturated carbocycles. The van der Waals surface area contributed by atoms with E-state index in [-0.39, 0.29) is 18.4 Å². The summed E-state index contributed by atoms with van der Waals surface area (Å²) in [5, 5.41) is 0. The van der Waals surface area contributed by atoms with Gasteiger partial charge in [-0.05, 0) is 23.8 Å². The van der Waals surface area contributed by atoms with Crippen molar-refractivity contribution in [3.63, 3.8) is 0 Å². The molecule has 1 aliphatic rings. The van der Waals surface area contributed by atoms with Gasteiger partial charge in [0.15, 0.2) is 23.9 Å². The molecule has 0 spiro atoms. The van der Waals surface area contributed by atoms with Crippen molar-refractivity contribution in [3.05, 3.63) is 29.6 Å². The van der Waals surface area contributed by atoms with Crippen molar-refractivity contribution < 1.29 is 23.7 Å². The number of hydrogen-bond acceptors (Lipinski definition) is 10. The van der Waals surface area contributed by atoms with Crippen LogP contribution < -0.4 is 24.8 Å². The molecule has 10 nitrogen and oxygen atoms in total. The van der Waals surface area contributed by atoms with Gasteiger partial charge in [-0.3, -0.25) is 0 Å². The Balaban J connectivity index is 1.66. The Morgan fingerprint density at radius 1 is 1.25 bits per heavy atom. The minimum atomic E-state index is -0.556.